The van der Waals surface area contributed by atoms with Gasteiger partial charge in [-0.25, -0.2) is 0 Å². The Morgan fingerprint density at radius 3 is 2.33 bits per heavy atom. The molecule has 0 spiro atoms. The van der Waals surface area contributed by atoms with Crippen molar-refractivity contribution in [2.45, 2.75) is 6.43 Å². The van der Waals surface area contributed by atoms with Gasteiger partial charge in [0.05, 0.1) is 0 Å². The number of hydrogen-bond donors (Lipinski definition) is 0. The van der Waals surface area contributed by atoms with Crippen LogP contribution >= 0.6 is 15.9 Å². The molecule has 0 aliphatic heterocycles. The Bertz CT molecular complexity index is 201. The Hall–Kier alpha value is 0.199. The molecule has 2 nitrogen and oxygen atoms in total. The first-order chi connectivity index (χ1) is 4.20. The van der Waals surface area contributed by atoms with Crippen molar-refractivity contribution in [1.29, 1.82) is 0 Å². The molecule has 1 heterocycles. The number of nitrogens with zero attached hydrogens (tertiary/aromatic N) is 2. The molecule has 50 valence electrons. The van der Waals surface area contributed by atoms with Gasteiger partial charge in [-0.1, -0.05) is 0 Å². The summed E-state index contributed by atoms with van der Waals surface area (Å²) in [5, 5.41) is 6.66. The van der Waals surface area contributed by atoms with Gasteiger partial charge < -0.3 is 0 Å². The zero-order valence-corrected chi connectivity index (χ0v) is 7.31. The zero-order chi connectivity index (χ0) is 6.85. The normalized spacial score (nSPS) is 10.7. The summed E-state index contributed by atoms with van der Waals surface area (Å²) < 4.78 is 23.8. The predicted molar refractivity (Wildman–Crippen MR) is 31.6 cm³/mol. The second kappa shape index (κ2) is 2.86. The molecule has 0 bridgehead atoms. The fourth-order valence-electron chi connectivity index (χ4n) is 0.304. The van der Waals surface area contributed by atoms with E-state index in [1.807, 2.05) is 0 Å². The van der Waals surface area contributed by atoms with Gasteiger partial charge in [-0.05, 0) is 0 Å². The molecule has 0 aliphatic carbocycles. The number of alkyl halides is 2. The van der Waals surface area contributed by atoms with Crippen LogP contribution in [0.25, 0.3) is 0 Å². The van der Waals surface area contributed by atoms with Crippen LogP contribution in [0.1, 0.15) is 11.0 Å². The van der Waals surface area contributed by atoms with Gasteiger partial charge in [0.15, 0.2) is 0 Å². The molecule has 0 aliphatic rings. The maximum atomic E-state index is 11.7. The second-order valence-corrected chi connectivity index (χ2v) is 5.24. The van der Waals surface area contributed by atoms with E-state index >= 15 is 0 Å². The summed E-state index contributed by atoms with van der Waals surface area (Å²) in [6, 6.07) is 0. The van der Waals surface area contributed by atoms with Gasteiger partial charge >= 0.3 is 63.9 Å². The molecule has 1 aromatic heterocycles. The van der Waals surface area contributed by atoms with Crippen LogP contribution < -0.4 is 0 Å². The first-order valence-corrected chi connectivity index (χ1v) is 4.48. The van der Waals surface area contributed by atoms with Crippen molar-refractivity contribution >= 4 is 30.4 Å². The van der Waals surface area contributed by atoms with Crippen molar-refractivity contribution in [3.05, 3.63) is 8.04 Å². The Balaban J connectivity index is 2.85. The van der Waals surface area contributed by atoms with E-state index in [1.165, 1.54) is 0 Å². The number of aromatic nitrogens is 2. The van der Waals surface area contributed by atoms with E-state index in [-0.39, 0.29) is 19.1 Å². The van der Waals surface area contributed by atoms with Crippen LogP contribution in [0.2, 0.25) is 0 Å². The van der Waals surface area contributed by atoms with Crippen molar-refractivity contribution in [3.63, 3.8) is 0 Å². The number of hydrogen-bond acceptors (Lipinski definition) is 2. The molecule has 6 heteroatoms. The molecule has 0 saturated heterocycles. The third kappa shape index (κ3) is 1.81. The fourth-order valence-corrected chi connectivity index (χ4v) is 2.14. The van der Waals surface area contributed by atoms with E-state index < -0.39 is 6.43 Å². The summed E-state index contributed by atoms with van der Waals surface area (Å²) in [5.74, 6) is 0. The van der Waals surface area contributed by atoms with Crippen molar-refractivity contribution in [2.24, 2.45) is 0 Å². The minimum absolute atomic E-state index is 0.102. The van der Waals surface area contributed by atoms with Gasteiger partial charge in [-0.2, -0.15) is 0 Å². The van der Waals surface area contributed by atoms with Crippen LogP contribution in [-0.4, -0.2) is 24.7 Å². The molecular weight excluding hydrogens is 261 g/mol. The Labute approximate surface area is 64.2 Å². The molecule has 0 saturated carbocycles. The van der Waals surface area contributed by atoms with Gasteiger partial charge in [-0.15, -0.1) is 0 Å². The quantitative estimate of drug-likeness (QED) is 0.711. The van der Waals surface area contributed by atoms with E-state index in [0.29, 0.717) is 3.48 Å². The summed E-state index contributed by atoms with van der Waals surface area (Å²) in [6.07, 6.45) is -2.44. The summed E-state index contributed by atoms with van der Waals surface area (Å²) in [7, 11) is 0. The number of rotatable bonds is 1. The van der Waals surface area contributed by atoms with Crippen LogP contribution in [-0.2, 0) is 0 Å². The summed E-state index contributed by atoms with van der Waals surface area (Å²) in [5.41, 5.74) is 0. The fraction of sp³-hybridized carbons (Fsp3) is 0.333. The minimum atomic E-state index is -2.44. The van der Waals surface area contributed by atoms with Crippen LogP contribution in [0.5, 0.6) is 0 Å². The Kier molecular flexibility index (Phi) is 2.32. The van der Waals surface area contributed by atoms with Crippen LogP contribution in [0.4, 0.5) is 8.78 Å². The Morgan fingerprint density at radius 1 is 1.44 bits per heavy atom. The molecule has 1 aromatic rings. The monoisotopic (exact) mass is 262 g/mol. The molecule has 1 rings (SSSR count). The molecule has 9 heavy (non-hydrogen) atoms. The summed E-state index contributed by atoms with van der Waals surface area (Å²) in [4.78, 5) is 0. The third-order valence-corrected chi connectivity index (χ3v) is 3.11. The molecular formula is C3HBrF2N2Se. The SMILES string of the molecule is FC(F)c1nnc(Br)[se]1. The number of halogens is 3. The van der Waals surface area contributed by atoms with Gasteiger partial charge in [-0.3, -0.25) is 0 Å². The van der Waals surface area contributed by atoms with Crippen molar-refractivity contribution in [3.8, 4) is 0 Å². The van der Waals surface area contributed by atoms with Gasteiger partial charge in [0.2, 0.25) is 0 Å². The average molecular weight is 262 g/mol. The van der Waals surface area contributed by atoms with Crippen molar-refractivity contribution in [1.82, 2.24) is 10.2 Å². The van der Waals surface area contributed by atoms with Crippen molar-refractivity contribution in [2.75, 3.05) is 0 Å². The predicted octanol–water partition coefficient (Wildman–Crippen LogP) is 1.23. The van der Waals surface area contributed by atoms with Gasteiger partial charge in [0.25, 0.3) is 0 Å². The molecule has 0 unspecified atom stereocenters. The van der Waals surface area contributed by atoms with E-state index in [0.717, 1.165) is 0 Å². The van der Waals surface area contributed by atoms with E-state index in [2.05, 4.69) is 26.1 Å². The topological polar surface area (TPSA) is 25.8 Å². The summed E-state index contributed by atoms with van der Waals surface area (Å²) in [6.45, 7) is 0. The van der Waals surface area contributed by atoms with Crippen LogP contribution in [0, 0.1) is 0 Å². The zero-order valence-electron chi connectivity index (χ0n) is 4.01. The maximum absolute atomic E-state index is 11.7. The molecule has 0 N–H and O–H groups in total. The van der Waals surface area contributed by atoms with Crippen molar-refractivity contribution < 1.29 is 8.78 Å². The molecule has 0 aromatic carbocycles. The molecule has 0 amide bonds. The molecule has 0 atom stereocenters. The van der Waals surface area contributed by atoms with E-state index in [1.54, 1.807) is 0 Å². The third-order valence-electron chi connectivity index (χ3n) is 0.603. The standard InChI is InChI=1S/C3HBrF2N2Se/c4-3-8-7-2(9-3)1(5)6/h1H. The van der Waals surface area contributed by atoms with Gasteiger partial charge in [0.1, 0.15) is 0 Å². The van der Waals surface area contributed by atoms with Crippen LogP contribution in [0.15, 0.2) is 3.48 Å². The second-order valence-electron chi connectivity index (χ2n) is 1.19. The first kappa shape index (κ1) is 7.31. The average Bonchev–Trinajstić information content (AvgIpc) is 2.14. The summed E-state index contributed by atoms with van der Waals surface area (Å²) >= 11 is 2.61. The molecule has 0 radical (unpaired) electrons. The van der Waals surface area contributed by atoms with Gasteiger partial charge in [0, 0.05) is 0 Å². The van der Waals surface area contributed by atoms with E-state index in [4.69, 9.17) is 0 Å². The van der Waals surface area contributed by atoms with E-state index in [9.17, 15) is 8.78 Å². The first-order valence-electron chi connectivity index (χ1n) is 1.97. The van der Waals surface area contributed by atoms with Crippen LogP contribution in [0.3, 0.4) is 0 Å². The molecule has 0 fully saturated rings. The Morgan fingerprint density at radius 2 is 2.11 bits per heavy atom.